The molecule has 2 rings (SSSR count). The quantitative estimate of drug-likeness (QED) is 0.463. The third-order valence-electron chi connectivity index (χ3n) is 6.26. The Balaban J connectivity index is 2.03. The highest BCUT2D eigenvalue weighted by molar-refractivity contribution is 4.97. The van der Waals surface area contributed by atoms with Crippen molar-refractivity contribution in [3.05, 3.63) is 12.2 Å². The second-order valence-corrected chi connectivity index (χ2v) is 7.64. The fourth-order valence-electron chi connectivity index (χ4n) is 4.81. The molecule has 116 valence electrons. The summed E-state index contributed by atoms with van der Waals surface area (Å²) in [5.74, 6) is 2.01. The summed E-state index contributed by atoms with van der Waals surface area (Å²) in [5.41, 5.74) is 0.602. The lowest BCUT2D eigenvalue weighted by molar-refractivity contribution is 0.0427. The fraction of sp³-hybridized carbons (Fsp3) is 0.900. The van der Waals surface area contributed by atoms with Gasteiger partial charge in [-0.15, -0.1) is 0 Å². The van der Waals surface area contributed by atoms with Crippen molar-refractivity contribution in [2.75, 3.05) is 0 Å². The Morgan fingerprint density at radius 2 is 1.30 bits per heavy atom. The van der Waals surface area contributed by atoms with Crippen LogP contribution >= 0.6 is 0 Å². The Kier molecular flexibility index (Phi) is 6.65. The van der Waals surface area contributed by atoms with Crippen LogP contribution in [0.5, 0.6) is 0 Å². The van der Waals surface area contributed by atoms with Crippen LogP contribution in [0.2, 0.25) is 0 Å². The second kappa shape index (κ2) is 8.25. The van der Waals surface area contributed by atoms with Gasteiger partial charge >= 0.3 is 0 Å². The highest BCUT2D eigenvalue weighted by Gasteiger charge is 2.40. The molecule has 2 fully saturated rings. The minimum Gasteiger partial charge on any atom is -0.0885 e. The van der Waals surface area contributed by atoms with Gasteiger partial charge in [0.25, 0.3) is 0 Å². The van der Waals surface area contributed by atoms with Crippen LogP contribution in [-0.2, 0) is 0 Å². The van der Waals surface area contributed by atoms with Gasteiger partial charge in [0.2, 0.25) is 0 Å². The van der Waals surface area contributed by atoms with Gasteiger partial charge in [-0.3, -0.25) is 0 Å². The average molecular weight is 277 g/mol. The van der Waals surface area contributed by atoms with E-state index in [1.54, 1.807) is 0 Å². The molecular formula is C20H36. The summed E-state index contributed by atoms with van der Waals surface area (Å²) in [7, 11) is 0. The van der Waals surface area contributed by atoms with E-state index in [1.807, 2.05) is 0 Å². The molecule has 0 N–H and O–H groups in total. The number of rotatable bonds is 6. The maximum Gasteiger partial charge on any atom is -0.0235 e. The van der Waals surface area contributed by atoms with Crippen LogP contribution in [0.25, 0.3) is 0 Å². The number of hydrogen-bond acceptors (Lipinski definition) is 0. The molecule has 2 aliphatic rings. The molecule has 2 saturated carbocycles. The van der Waals surface area contributed by atoms with Crippen molar-refractivity contribution < 1.29 is 0 Å². The van der Waals surface area contributed by atoms with Gasteiger partial charge in [-0.2, -0.15) is 0 Å². The Morgan fingerprint density at radius 1 is 0.800 bits per heavy atom. The predicted octanol–water partition coefficient (Wildman–Crippen LogP) is 6.90. The summed E-state index contributed by atoms with van der Waals surface area (Å²) in [6.07, 6.45) is 23.9. The fourth-order valence-corrected chi connectivity index (χ4v) is 4.81. The van der Waals surface area contributed by atoms with Gasteiger partial charge in [0.1, 0.15) is 0 Å². The topological polar surface area (TPSA) is 0 Å². The molecule has 20 heavy (non-hydrogen) atoms. The smallest absolute Gasteiger partial charge is 0.0235 e. The van der Waals surface area contributed by atoms with Crippen molar-refractivity contribution >= 4 is 0 Å². The van der Waals surface area contributed by atoms with E-state index < -0.39 is 0 Å². The molecule has 0 heterocycles. The third kappa shape index (κ3) is 4.12. The van der Waals surface area contributed by atoms with Crippen molar-refractivity contribution in [3.63, 3.8) is 0 Å². The van der Waals surface area contributed by atoms with E-state index in [2.05, 4.69) is 26.0 Å². The number of allylic oxidation sites excluding steroid dienone is 2. The Bertz CT molecular complexity index is 258. The minimum atomic E-state index is 0.602. The normalized spacial score (nSPS) is 23.5. The second-order valence-electron chi connectivity index (χ2n) is 7.64. The Morgan fingerprint density at radius 3 is 1.75 bits per heavy atom. The number of unbranched alkanes of at least 4 members (excludes halogenated alkanes) is 1. The van der Waals surface area contributed by atoms with E-state index in [4.69, 9.17) is 0 Å². The van der Waals surface area contributed by atoms with E-state index in [9.17, 15) is 0 Å². The lowest BCUT2D eigenvalue weighted by Crippen LogP contribution is -2.37. The summed E-state index contributed by atoms with van der Waals surface area (Å²) >= 11 is 0. The predicted molar refractivity (Wildman–Crippen MR) is 89.9 cm³/mol. The first kappa shape index (κ1) is 16.1. The van der Waals surface area contributed by atoms with Crippen LogP contribution in [-0.4, -0.2) is 0 Å². The molecule has 0 aromatic carbocycles. The standard InChI is InChI=1S/C20H36/c1-3-4-5-12-17-20(2,18-13-8-6-9-14-18)19-15-10-7-11-16-19/h5,12,18-19H,3-4,6-11,13-17H2,1-2H3. The van der Waals surface area contributed by atoms with E-state index in [1.165, 1.54) is 83.5 Å². The summed E-state index contributed by atoms with van der Waals surface area (Å²) in [6.45, 7) is 4.93. The summed E-state index contributed by atoms with van der Waals surface area (Å²) in [6, 6.07) is 0. The lowest BCUT2D eigenvalue weighted by atomic mass is 9.58. The van der Waals surface area contributed by atoms with Crippen LogP contribution in [0.1, 0.15) is 97.3 Å². The molecule has 2 aliphatic carbocycles. The zero-order chi connectivity index (χ0) is 14.3. The molecule has 0 unspecified atom stereocenters. The van der Waals surface area contributed by atoms with Gasteiger partial charge in [0.05, 0.1) is 0 Å². The van der Waals surface area contributed by atoms with Crippen LogP contribution in [0.4, 0.5) is 0 Å². The molecule has 0 bridgehead atoms. The first-order chi connectivity index (χ1) is 9.77. The van der Waals surface area contributed by atoms with Crippen molar-refractivity contribution in [1.29, 1.82) is 0 Å². The zero-order valence-electron chi connectivity index (χ0n) is 14.0. The molecule has 0 aromatic rings. The van der Waals surface area contributed by atoms with Gasteiger partial charge < -0.3 is 0 Å². The van der Waals surface area contributed by atoms with Crippen LogP contribution < -0.4 is 0 Å². The van der Waals surface area contributed by atoms with E-state index in [0.717, 1.165) is 11.8 Å². The Hall–Kier alpha value is -0.260. The van der Waals surface area contributed by atoms with Gasteiger partial charge in [0.15, 0.2) is 0 Å². The first-order valence-corrected chi connectivity index (χ1v) is 9.42. The SMILES string of the molecule is CCCC=CCC(C)(C1CCCCC1)C1CCCCC1. The molecule has 0 heteroatoms. The van der Waals surface area contributed by atoms with Gasteiger partial charge in [-0.05, 0) is 55.8 Å². The lowest BCUT2D eigenvalue weighted by Gasteiger charge is -2.47. The maximum absolute atomic E-state index is 2.65. The number of hydrogen-bond donors (Lipinski definition) is 0. The summed E-state index contributed by atoms with van der Waals surface area (Å²) in [5, 5.41) is 0. The minimum absolute atomic E-state index is 0.602. The molecule has 0 nitrogen and oxygen atoms in total. The van der Waals surface area contributed by atoms with E-state index in [-0.39, 0.29) is 0 Å². The third-order valence-corrected chi connectivity index (χ3v) is 6.26. The van der Waals surface area contributed by atoms with Crippen molar-refractivity contribution in [2.24, 2.45) is 17.3 Å². The molecule has 0 spiro atoms. The Labute approximate surface area is 127 Å². The van der Waals surface area contributed by atoms with Gasteiger partial charge in [-0.1, -0.05) is 70.9 Å². The first-order valence-electron chi connectivity index (χ1n) is 9.42. The highest BCUT2D eigenvalue weighted by Crippen LogP contribution is 2.50. The molecule has 0 saturated heterocycles. The summed E-state index contributed by atoms with van der Waals surface area (Å²) in [4.78, 5) is 0. The maximum atomic E-state index is 2.65. The van der Waals surface area contributed by atoms with E-state index in [0.29, 0.717) is 5.41 Å². The highest BCUT2D eigenvalue weighted by atomic mass is 14.5. The van der Waals surface area contributed by atoms with E-state index >= 15 is 0 Å². The molecule has 0 aromatic heterocycles. The average Bonchev–Trinajstić information content (AvgIpc) is 2.53. The molecule has 0 atom stereocenters. The molecule has 0 aliphatic heterocycles. The molecule has 0 amide bonds. The largest absolute Gasteiger partial charge is 0.0885 e. The van der Waals surface area contributed by atoms with Crippen LogP contribution in [0.15, 0.2) is 12.2 Å². The van der Waals surface area contributed by atoms with Crippen molar-refractivity contribution in [2.45, 2.75) is 97.3 Å². The van der Waals surface area contributed by atoms with Gasteiger partial charge in [0, 0.05) is 0 Å². The monoisotopic (exact) mass is 276 g/mol. The van der Waals surface area contributed by atoms with Crippen molar-refractivity contribution in [3.8, 4) is 0 Å². The molecule has 0 radical (unpaired) electrons. The van der Waals surface area contributed by atoms with Crippen LogP contribution in [0, 0.1) is 17.3 Å². The zero-order valence-corrected chi connectivity index (χ0v) is 14.0. The molecular weight excluding hydrogens is 240 g/mol. The summed E-state index contributed by atoms with van der Waals surface area (Å²) < 4.78 is 0. The van der Waals surface area contributed by atoms with Crippen LogP contribution in [0.3, 0.4) is 0 Å². The van der Waals surface area contributed by atoms with Crippen molar-refractivity contribution in [1.82, 2.24) is 0 Å². The van der Waals surface area contributed by atoms with Gasteiger partial charge in [-0.25, -0.2) is 0 Å².